The van der Waals surface area contributed by atoms with Crippen LogP contribution in [0.5, 0.6) is 11.5 Å². The summed E-state index contributed by atoms with van der Waals surface area (Å²) in [4.78, 5) is 13.3. The number of nitriles is 1. The number of hydrogen-bond acceptors (Lipinski definition) is 6. The Morgan fingerprint density at radius 1 is 0.967 bits per heavy atom. The second-order valence-corrected chi connectivity index (χ2v) is 7.34. The van der Waals surface area contributed by atoms with Crippen molar-refractivity contribution in [2.24, 2.45) is 5.73 Å². The molecule has 1 aliphatic carbocycles. The summed E-state index contributed by atoms with van der Waals surface area (Å²) in [6, 6.07) is 17.2. The molecule has 2 aliphatic rings. The van der Waals surface area contributed by atoms with Crippen molar-refractivity contribution >= 4 is 5.78 Å². The van der Waals surface area contributed by atoms with Crippen LogP contribution in [0.3, 0.4) is 0 Å². The van der Waals surface area contributed by atoms with E-state index in [1.807, 2.05) is 48.5 Å². The lowest BCUT2D eigenvalue weighted by atomic mass is 9.73. The molecule has 0 spiro atoms. The van der Waals surface area contributed by atoms with Gasteiger partial charge in [0.1, 0.15) is 28.9 Å². The maximum absolute atomic E-state index is 13.3. The summed E-state index contributed by atoms with van der Waals surface area (Å²) in [5.41, 5.74) is 8.72. The Balaban J connectivity index is 1.73. The molecule has 2 aromatic rings. The highest BCUT2D eigenvalue weighted by molar-refractivity contribution is 6.00. The van der Waals surface area contributed by atoms with Gasteiger partial charge in [0, 0.05) is 18.4 Å². The Labute approximate surface area is 175 Å². The van der Waals surface area contributed by atoms with Crippen molar-refractivity contribution in [2.45, 2.75) is 24.7 Å². The molecular weight excluding hydrogens is 380 g/mol. The van der Waals surface area contributed by atoms with Crippen LogP contribution < -0.4 is 15.2 Å². The van der Waals surface area contributed by atoms with Gasteiger partial charge >= 0.3 is 0 Å². The van der Waals surface area contributed by atoms with Crippen LogP contribution in [0.1, 0.15) is 35.8 Å². The molecule has 30 heavy (non-hydrogen) atoms. The average Bonchev–Trinajstić information content (AvgIpc) is 2.78. The molecule has 152 valence electrons. The fraction of sp³-hybridized carbons (Fsp3) is 0.250. The Kier molecular flexibility index (Phi) is 5.20. The van der Waals surface area contributed by atoms with Gasteiger partial charge in [0.2, 0.25) is 5.88 Å². The molecule has 0 saturated carbocycles. The fourth-order valence-corrected chi connectivity index (χ4v) is 4.15. The number of Topliss-reactive ketones (excluding diaryl/α,β-unsaturated/α-hetero) is 1. The molecule has 4 rings (SSSR count). The quantitative estimate of drug-likeness (QED) is 0.833. The van der Waals surface area contributed by atoms with E-state index < -0.39 is 5.92 Å². The third-order valence-electron chi connectivity index (χ3n) is 5.70. The van der Waals surface area contributed by atoms with Crippen molar-refractivity contribution in [3.8, 4) is 17.6 Å². The van der Waals surface area contributed by atoms with Crippen LogP contribution in [0.4, 0.5) is 0 Å². The van der Waals surface area contributed by atoms with Gasteiger partial charge in [-0.25, -0.2) is 0 Å². The smallest absolute Gasteiger partial charge is 0.205 e. The zero-order valence-corrected chi connectivity index (χ0v) is 16.8. The number of carbonyl (C=O) groups is 1. The molecule has 0 aromatic heterocycles. The highest BCUT2D eigenvalue weighted by atomic mass is 16.5. The number of benzene rings is 2. The van der Waals surface area contributed by atoms with Gasteiger partial charge in [-0.3, -0.25) is 4.79 Å². The van der Waals surface area contributed by atoms with Gasteiger partial charge in [0.15, 0.2) is 5.78 Å². The topological polar surface area (TPSA) is 94.6 Å². The van der Waals surface area contributed by atoms with E-state index in [0.717, 1.165) is 16.9 Å². The lowest BCUT2D eigenvalue weighted by Crippen LogP contribution is -2.29. The molecule has 0 saturated heterocycles. The van der Waals surface area contributed by atoms with Gasteiger partial charge in [-0.2, -0.15) is 5.26 Å². The number of nitrogens with zero attached hydrogens (tertiary/aromatic N) is 1. The minimum absolute atomic E-state index is 0.0184. The van der Waals surface area contributed by atoms with Gasteiger partial charge in [-0.15, -0.1) is 0 Å². The Morgan fingerprint density at radius 2 is 1.53 bits per heavy atom. The van der Waals surface area contributed by atoms with E-state index in [1.54, 1.807) is 14.2 Å². The van der Waals surface area contributed by atoms with Crippen LogP contribution in [-0.4, -0.2) is 20.0 Å². The number of nitrogens with two attached hydrogens (primary N) is 1. The van der Waals surface area contributed by atoms with Crippen LogP contribution >= 0.6 is 0 Å². The van der Waals surface area contributed by atoms with E-state index >= 15 is 0 Å². The van der Waals surface area contributed by atoms with Crippen molar-refractivity contribution in [1.29, 1.82) is 5.26 Å². The summed E-state index contributed by atoms with van der Waals surface area (Å²) in [6.07, 6.45) is 0.888. The maximum Gasteiger partial charge on any atom is 0.205 e. The van der Waals surface area contributed by atoms with Crippen molar-refractivity contribution < 1.29 is 19.0 Å². The molecule has 1 heterocycles. The molecule has 0 bridgehead atoms. The molecule has 6 heteroatoms. The molecular formula is C24H22N2O4. The average molecular weight is 402 g/mol. The second-order valence-electron chi connectivity index (χ2n) is 7.34. The van der Waals surface area contributed by atoms with Gasteiger partial charge in [0.25, 0.3) is 0 Å². The first-order valence-corrected chi connectivity index (χ1v) is 9.67. The number of methoxy groups -OCH3 is 2. The number of rotatable bonds is 4. The highest BCUT2D eigenvalue weighted by Gasteiger charge is 2.40. The standard InChI is InChI=1S/C24H22N2O4/c1-28-17-7-3-14(4-8-17)16-11-20(27)23-21(12-16)30-24(26)19(13-25)22(23)15-5-9-18(29-2)10-6-15/h3-10,16,22H,11-12,26H2,1-2H3/t16-,22-/m0/s1. The Bertz CT molecular complexity index is 1080. The van der Waals surface area contributed by atoms with E-state index in [1.165, 1.54) is 0 Å². The summed E-state index contributed by atoms with van der Waals surface area (Å²) < 4.78 is 16.2. The van der Waals surface area contributed by atoms with Crippen molar-refractivity contribution in [1.82, 2.24) is 0 Å². The molecule has 1 aliphatic heterocycles. The van der Waals surface area contributed by atoms with Crippen LogP contribution in [-0.2, 0) is 9.53 Å². The number of ether oxygens (including phenoxy) is 3. The molecule has 2 N–H and O–H groups in total. The summed E-state index contributed by atoms with van der Waals surface area (Å²) in [5.74, 6) is 1.48. The first-order chi connectivity index (χ1) is 14.5. The molecule has 0 radical (unpaired) electrons. The lowest BCUT2D eigenvalue weighted by molar-refractivity contribution is -0.117. The third kappa shape index (κ3) is 3.39. The van der Waals surface area contributed by atoms with Gasteiger partial charge < -0.3 is 19.9 Å². The summed E-state index contributed by atoms with van der Waals surface area (Å²) in [5, 5.41) is 9.71. The molecule has 0 unspecified atom stereocenters. The van der Waals surface area contributed by atoms with E-state index in [-0.39, 0.29) is 23.2 Å². The summed E-state index contributed by atoms with van der Waals surface area (Å²) >= 11 is 0. The second kappa shape index (κ2) is 7.96. The molecule has 2 atom stereocenters. The largest absolute Gasteiger partial charge is 0.497 e. The van der Waals surface area contributed by atoms with E-state index in [9.17, 15) is 10.1 Å². The van der Waals surface area contributed by atoms with Gasteiger partial charge in [-0.1, -0.05) is 24.3 Å². The SMILES string of the molecule is COc1ccc([C@H]2CC(=O)C3=C(C2)OC(N)=C(C#N)[C@@H]3c2ccc(OC)cc2)cc1. The van der Waals surface area contributed by atoms with Crippen molar-refractivity contribution in [3.63, 3.8) is 0 Å². The number of hydrogen-bond donors (Lipinski definition) is 1. The van der Waals surface area contributed by atoms with Crippen LogP contribution in [0.25, 0.3) is 0 Å². The molecule has 0 amide bonds. The van der Waals surface area contributed by atoms with E-state index in [0.29, 0.717) is 29.9 Å². The number of allylic oxidation sites excluding steroid dienone is 3. The van der Waals surface area contributed by atoms with Crippen molar-refractivity contribution in [3.05, 3.63) is 82.4 Å². The van der Waals surface area contributed by atoms with Crippen LogP contribution in [0, 0.1) is 11.3 Å². The van der Waals surface area contributed by atoms with E-state index in [2.05, 4.69) is 6.07 Å². The molecule has 6 nitrogen and oxygen atoms in total. The maximum atomic E-state index is 13.3. The van der Waals surface area contributed by atoms with E-state index in [4.69, 9.17) is 19.9 Å². The first-order valence-electron chi connectivity index (χ1n) is 9.67. The normalized spacial score (nSPS) is 20.9. The Hall–Kier alpha value is -3.72. The zero-order valence-electron chi connectivity index (χ0n) is 16.8. The fourth-order valence-electron chi connectivity index (χ4n) is 4.15. The van der Waals surface area contributed by atoms with Crippen molar-refractivity contribution in [2.75, 3.05) is 14.2 Å². The highest BCUT2D eigenvalue weighted by Crippen LogP contribution is 2.46. The third-order valence-corrected chi connectivity index (χ3v) is 5.70. The number of carbonyl (C=O) groups excluding carboxylic acids is 1. The zero-order chi connectivity index (χ0) is 21.3. The first kappa shape index (κ1) is 19.6. The summed E-state index contributed by atoms with van der Waals surface area (Å²) in [7, 11) is 3.21. The van der Waals surface area contributed by atoms with Gasteiger partial charge in [-0.05, 0) is 41.3 Å². The lowest BCUT2D eigenvalue weighted by Gasteiger charge is -2.34. The summed E-state index contributed by atoms with van der Waals surface area (Å²) in [6.45, 7) is 0. The van der Waals surface area contributed by atoms with Crippen LogP contribution in [0.2, 0.25) is 0 Å². The monoisotopic (exact) mass is 402 g/mol. The predicted molar refractivity (Wildman–Crippen MR) is 111 cm³/mol. The molecule has 2 aromatic carbocycles. The Morgan fingerprint density at radius 3 is 2.07 bits per heavy atom. The van der Waals surface area contributed by atoms with Gasteiger partial charge in [0.05, 0.1) is 20.1 Å². The molecule has 0 fully saturated rings. The minimum atomic E-state index is -0.533. The number of ketones is 1. The van der Waals surface area contributed by atoms with Crippen LogP contribution in [0.15, 0.2) is 71.3 Å². The minimum Gasteiger partial charge on any atom is -0.497 e. The predicted octanol–water partition coefficient (Wildman–Crippen LogP) is 3.91.